The molecule has 0 spiro atoms. The van der Waals surface area contributed by atoms with E-state index in [9.17, 15) is 4.79 Å². The molecule has 0 aliphatic rings. The second kappa shape index (κ2) is 6.42. The van der Waals surface area contributed by atoms with Crippen LogP contribution in [0.25, 0.3) is 0 Å². The number of carbonyl (C=O) groups excluding carboxylic acids is 1. The highest BCUT2D eigenvalue weighted by atomic mass is 16.5. The lowest BCUT2D eigenvalue weighted by Crippen LogP contribution is -2.34. The number of nitrogens with zero attached hydrogens (tertiary/aromatic N) is 2. The van der Waals surface area contributed by atoms with Crippen molar-refractivity contribution in [2.45, 2.75) is 40.5 Å². The van der Waals surface area contributed by atoms with E-state index in [0.717, 1.165) is 25.1 Å². The molecule has 0 radical (unpaired) electrons. The van der Waals surface area contributed by atoms with Gasteiger partial charge in [-0.3, -0.25) is 4.79 Å². The maximum atomic E-state index is 12.1. The van der Waals surface area contributed by atoms with Gasteiger partial charge < -0.3 is 9.42 Å². The van der Waals surface area contributed by atoms with Gasteiger partial charge in [0.25, 0.3) is 5.91 Å². The van der Waals surface area contributed by atoms with Crippen LogP contribution in [0, 0.1) is 12.8 Å². The molecule has 0 N–H and O–H groups in total. The first-order valence-corrected chi connectivity index (χ1v) is 6.34. The number of hydrogen-bond donors (Lipinski definition) is 0. The van der Waals surface area contributed by atoms with Gasteiger partial charge in [0.1, 0.15) is 0 Å². The van der Waals surface area contributed by atoms with Crippen molar-refractivity contribution in [3.05, 3.63) is 17.5 Å². The van der Waals surface area contributed by atoms with Gasteiger partial charge in [0, 0.05) is 19.2 Å². The molecule has 0 aliphatic carbocycles. The van der Waals surface area contributed by atoms with Gasteiger partial charge in [0.15, 0.2) is 0 Å². The van der Waals surface area contributed by atoms with Gasteiger partial charge in [0.05, 0.1) is 5.69 Å². The highest BCUT2D eigenvalue weighted by molar-refractivity contribution is 5.91. The third-order valence-corrected chi connectivity index (χ3v) is 3.14. The van der Waals surface area contributed by atoms with E-state index < -0.39 is 0 Å². The number of aryl methyl sites for hydroxylation is 1. The average molecular weight is 238 g/mol. The zero-order valence-electron chi connectivity index (χ0n) is 11.2. The quantitative estimate of drug-likeness (QED) is 0.765. The lowest BCUT2D eigenvalue weighted by atomic mass is 10.0. The lowest BCUT2D eigenvalue weighted by Gasteiger charge is -2.24. The molecule has 1 aromatic heterocycles. The first-order chi connectivity index (χ1) is 8.12. The molecule has 4 heteroatoms. The predicted octanol–water partition coefficient (Wildman–Crippen LogP) is 2.88. The van der Waals surface area contributed by atoms with Crippen LogP contribution in [0.3, 0.4) is 0 Å². The molecule has 4 nitrogen and oxygen atoms in total. The Morgan fingerprint density at radius 2 is 2.06 bits per heavy atom. The van der Waals surface area contributed by atoms with Crippen molar-refractivity contribution in [2.24, 2.45) is 5.92 Å². The number of amides is 1. The van der Waals surface area contributed by atoms with Crippen LogP contribution < -0.4 is 0 Å². The van der Waals surface area contributed by atoms with Crippen molar-refractivity contribution in [3.8, 4) is 0 Å². The number of aromatic nitrogens is 1. The normalized spacial score (nSPS) is 10.9. The smallest absolute Gasteiger partial charge is 0.292 e. The highest BCUT2D eigenvalue weighted by Crippen LogP contribution is 2.13. The van der Waals surface area contributed by atoms with Gasteiger partial charge in [-0.2, -0.15) is 0 Å². The van der Waals surface area contributed by atoms with E-state index in [1.54, 1.807) is 6.07 Å². The fourth-order valence-corrected chi connectivity index (χ4v) is 1.83. The van der Waals surface area contributed by atoms with Crippen molar-refractivity contribution < 1.29 is 9.32 Å². The minimum atomic E-state index is -0.0556. The zero-order valence-corrected chi connectivity index (χ0v) is 11.2. The molecule has 1 rings (SSSR count). The van der Waals surface area contributed by atoms with Crippen molar-refractivity contribution >= 4 is 5.91 Å². The van der Waals surface area contributed by atoms with Gasteiger partial charge in [-0.25, -0.2) is 0 Å². The van der Waals surface area contributed by atoms with Crippen LogP contribution in [0.2, 0.25) is 0 Å². The molecule has 1 heterocycles. The van der Waals surface area contributed by atoms with Gasteiger partial charge >= 0.3 is 0 Å². The third kappa shape index (κ3) is 3.58. The standard InChI is InChI=1S/C13H22N2O2/c1-5-11(6-2)9-15(7-3)13(16)12-8-10(4)14-17-12/h8,11H,5-7,9H2,1-4H3. The summed E-state index contributed by atoms with van der Waals surface area (Å²) in [6.45, 7) is 9.62. The molecule has 0 aliphatic heterocycles. The Morgan fingerprint density at radius 3 is 2.47 bits per heavy atom. The van der Waals surface area contributed by atoms with E-state index >= 15 is 0 Å². The van der Waals surface area contributed by atoms with E-state index in [0.29, 0.717) is 18.2 Å². The SMILES string of the molecule is CCC(CC)CN(CC)C(=O)c1cc(C)no1. The van der Waals surface area contributed by atoms with Crippen molar-refractivity contribution in [1.29, 1.82) is 0 Å². The van der Waals surface area contributed by atoms with Gasteiger partial charge in [-0.05, 0) is 19.8 Å². The summed E-state index contributed by atoms with van der Waals surface area (Å²) in [5.74, 6) is 0.846. The van der Waals surface area contributed by atoms with E-state index in [2.05, 4.69) is 19.0 Å². The van der Waals surface area contributed by atoms with Crippen molar-refractivity contribution in [3.63, 3.8) is 0 Å². The number of hydrogen-bond acceptors (Lipinski definition) is 3. The summed E-state index contributed by atoms with van der Waals surface area (Å²) in [5, 5.41) is 3.75. The Morgan fingerprint density at radius 1 is 1.41 bits per heavy atom. The second-order valence-corrected chi connectivity index (χ2v) is 4.36. The largest absolute Gasteiger partial charge is 0.351 e. The van der Waals surface area contributed by atoms with E-state index in [4.69, 9.17) is 4.52 Å². The van der Waals surface area contributed by atoms with Crippen LogP contribution in [0.1, 0.15) is 49.9 Å². The van der Waals surface area contributed by atoms with E-state index in [1.807, 2.05) is 18.7 Å². The third-order valence-electron chi connectivity index (χ3n) is 3.14. The zero-order chi connectivity index (χ0) is 12.8. The summed E-state index contributed by atoms with van der Waals surface area (Å²) in [4.78, 5) is 14.0. The monoisotopic (exact) mass is 238 g/mol. The topological polar surface area (TPSA) is 46.3 Å². The molecule has 0 saturated carbocycles. The van der Waals surface area contributed by atoms with Gasteiger partial charge in [0.2, 0.25) is 5.76 Å². The molecule has 17 heavy (non-hydrogen) atoms. The first-order valence-electron chi connectivity index (χ1n) is 6.34. The molecule has 0 atom stereocenters. The molecule has 0 fully saturated rings. The summed E-state index contributed by atoms with van der Waals surface area (Å²) < 4.78 is 5.02. The van der Waals surface area contributed by atoms with Crippen LogP contribution in [0.4, 0.5) is 0 Å². The molecule has 1 amide bonds. The van der Waals surface area contributed by atoms with Crippen LogP contribution >= 0.6 is 0 Å². The van der Waals surface area contributed by atoms with Crippen LogP contribution in [-0.2, 0) is 0 Å². The summed E-state index contributed by atoms with van der Waals surface area (Å²) >= 11 is 0. The van der Waals surface area contributed by atoms with Crippen molar-refractivity contribution in [1.82, 2.24) is 10.1 Å². The Kier molecular flexibility index (Phi) is 5.19. The Hall–Kier alpha value is -1.32. The first kappa shape index (κ1) is 13.7. The van der Waals surface area contributed by atoms with E-state index in [-0.39, 0.29) is 5.91 Å². The maximum Gasteiger partial charge on any atom is 0.292 e. The Bertz CT molecular complexity index is 356. The minimum absolute atomic E-state index is 0.0556. The second-order valence-electron chi connectivity index (χ2n) is 4.36. The van der Waals surface area contributed by atoms with Gasteiger partial charge in [-0.15, -0.1) is 0 Å². The Balaban J connectivity index is 2.70. The molecule has 0 saturated heterocycles. The highest BCUT2D eigenvalue weighted by Gasteiger charge is 2.20. The average Bonchev–Trinajstić information content (AvgIpc) is 2.77. The predicted molar refractivity (Wildman–Crippen MR) is 66.9 cm³/mol. The van der Waals surface area contributed by atoms with Gasteiger partial charge in [-0.1, -0.05) is 31.8 Å². The molecule has 0 unspecified atom stereocenters. The Labute approximate surface area is 103 Å². The molecular formula is C13H22N2O2. The van der Waals surface area contributed by atoms with Crippen LogP contribution in [0.15, 0.2) is 10.6 Å². The van der Waals surface area contributed by atoms with E-state index in [1.165, 1.54) is 0 Å². The minimum Gasteiger partial charge on any atom is -0.351 e. The molecule has 1 aromatic rings. The van der Waals surface area contributed by atoms with Crippen molar-refractivity contribution in [2.75, 3.05) is 13.1 Å². The maximum absolute atomic E-state index is 12.1. The molecular weight excluding hydrogens is 216 g/mol. The molecule has 96 valence electrons. The number of rotatable bonds is 6. The molecule has 0 aromatic carbocycles. The van der Waals surface area contributed by atoms with Crippen LogP contribution in [0.5, 0.6) is 0 Å². The summed E-state index contributed by atoms with van der Waals surface area (Å²) in [7, 11) is 0. The summed E-state index contributed by atoms with van der Waals surface area (Å²) in [6.07, 6.45) is 2.19. The molecule has 0 bridgehead atoms. The number of carbonyl (C=O) groups is 1. The fourth-order valence-electron chi connectivity index (χ4n) is 1.83. The fraction of sp³-hybridized carbons (Fsp3) is 0.692. The van der Waals surface area contributed by atoms with Crippen LogP contribution in [-0.4, -0.2) is 29.1 Å². The summed E-state index contributed by atoms with van der Waals surface area (Å²) in [6, 6.07) is 1.69. The summed E-state index contributed by atoms with van der Waals surface area (Å²) in [5.41, 5.74) is 0.743. The lowest BCUT2D eigenvalue weighted by molar-refractivity contribution is 0.0693.